The van der Waals surface area contributed by atoms with Crippen molar-refractivity contribution >= 4 is 11.9 Å². The highest BCUT2D eigenvalue weighted by molar-refractivity contribution is 5.96. The Morgan fingerprint density at radius 1 is 1.16 bits per heavy atom. The van der Waals surface area contributed by atoms with E-state index in [1.807, 2.05) is 5.32 Å². The molecule has 0 aliphatic heterocycles. The SMILES string of the molecule is CCOC(=O)[C@](NCc1ccco1)(NC(=O)c1ccco1)C(F)(F)F. The number of alkyl halides is 3. The Morgan fingerprint density at radius 2 is 1.84 bits per heavy atom. The summed E-state index contributed by atoms with van der Waals surface area (Å²) in [6, 6.07) is 5.37. The van der Waals surface area contributed by atoms with Gasteiger partial charge in [0.1, 0.15) is 5.76 Å². The predicted octanol–water partition coefficient (Wildman–Crippen LogP) is 2.21. The lowest BCUT2D eigenvalue weighted by atomic mass is 10.1. The van der Waals surface area contributed by atoms with Gasteiger partial charge in [0.2, 0.25) is 0 Å². The molecule has 0 saturated heterocycles. The van der Waals surface area contributed by atoms with Crippen LogP contribution in [0.1, 0.15) is 23.2 Å². The summed E-state index contributed by atoms with van der Waals surface area (Å²) in [4.78, 5) is 24.2. The van der Waals surface area contributed by atoms with Crippen molar-refractivity contribution in [3.8, 4) is 0 Å². The van der Waals surface area contributed by atoms with Crippen molar-refractivity contribution in [1.29, 1.82) is 0 Å². The van der Waals surface area contributed by atoms with Crippen LogP contribution in [-0.4, -0.2) is 30.3 Å². The average molecular weight is 360 g/mol. The van der Waals surface area contributed by atoms with Gasteiger partial charge < -0.3 is 18.9 Å². The zero-order valence-electron chi connectivity index (χ0n) is 13.1. The van der Waals surface area contributed by atoms with Crippen molar-refractivity contribution in [2.75, 3.05) is 6.61 Å². The van der Waals surface area contributed by atoms with Gasteiger partial charge in [-0.15, -0.1) is 0 Å². The minimum Gasteiger partial charge on any atom is -0.468 e. The second-order valence-electron chi connectivity index (χ2n) is 4.83. The van der Waals surface area contributed by atoms with Crippen molar-refractivity contribution in [1.82, 2.24) is 10.6 Å². The van der Waals surface area contributed by atoms with E-state index in [0.29, 0.717) is 0 Å². The summed E-state index contributed by atoms with van der Waals surface area (Å²) in [5, 5.41) is 3.62. The minimum absolute atomic E-state index is 0.130. The van der Waals surface area contributed by atoms with E-state index < -0.39 is 36.0 Å². The minimum atomic E-state index is -5.20. The molecule has 10 heteroatoms. The quantitative estimate of drug-likeness (QED) is 0.581. The predicted molar refractivity (Wildman–Crippen MR) is 77.1 cm³/mol. The number of rotatable bonds is 7. The first-order valence-corrected chi connectivity index (χ1v) is 7.17. The van der Waals surface area contributed by atoms with Crippen LogP contribution in [-0.2, 0) is 16.1 Å². The summed E-state index contributed by atoms with van der Waals surface area (Å²) >= 11 is 0. The zero-order valence-corrected chi connectivity index (χ0v) is 13.1. The van der Waals surface area contributed by atoms with Gasteiger partial charge in [-0.05, 0) is 31.2 Å². The highest BCUT2D eigenvalue weighted by atomic mass is 19.4. The summed E-state index contributed by atoms with van der Waals surface area (Å²) in [6.45, 7) is 0.555. The molecule has 0 saturated carbocycles. The summed E-state index contributed by atoms with van der Waals surface area (Å²) < 4.78 is 55.5. The lowest BCUT2D eigenvalue weighted by Crippen LogP contribution is -2.72. The van der Waals surface area contributed by atoms with Crippen LogP contribution in [0.2, 0.25) is 0 Å². The molecule has 0 fully saturated rings. The van der Waals surface area contributed by atoms with Gasteiger partial charge >= 0.3 is 12.1 Å². The van der Waals surface area contributed by atoms with E-state index in [2.05, 4.69) is 4.74 Å². The number of nitrogens with one attached hydrogen (secondary N) is 2. The molecule has 0 bridgehead atoms. The molecule has 1 amide bonds. The van der Waals surface area contributed by atoms with E-state index in [1.165, 1.54) is 31.4 Å². The number of furan rings is 2. The van der Waals surface area contributed by atoms with E-state index >= 15 is 0 Å². The van der Waals surface area contributed by atoms with Gasteiger partial charge in [-0.3, -0.25) is 10.1 Å². The molecule has 0 aromatic carbocycles. The number of hydrogen-bond acceptors (Lipinski definition) is 6. The molecule has 0 radical (unpaired) electrons. The molecule has 2 rings (SSSR count). The smallest absolute Gasteiger partial charge is 0.436 e. The fraction of sp³-hybridized carbons (Fsp3) is 0.333. The summed E-state index contributed by atoms with van der Waals surface area (Å²) in [6.07, 6.45) is -2.82. The average Bonchev–Trinajstić information content (AvgIpc) is 3.23. The van der Waals surface area contributed by atoms with E-state index in [1.54, 1.807) is 5.32 Å². The number of ether oxygens (including phenoxy) is 1. The number of amides is 1. The first-order chi connectivity index (χ1) is 11.8. The molecule has 1 atom stereocenters. The van der Waals surface area contributed by atoms with Crippen LogP contribution in [0.4, 0.5) is 13.2 Å². The maximum absolute atomic E-state index is 13.7. The van der Waals surface area contributed by atoms with Gasteiger partial charge in [-0.2, -0.15) is 13.2 Å². The molecule has 0 spiro atoms. The lowest BCUT2D eigenvalue weighted by molar-refractivity contribution is -0.219. The molecule has 2 N–H and O–H groups in total. The van der Waals surface area contributed by atoms with Crippen molar-refractivity contribution in [3.05, 3.63) is 48.3 Å². The summed E-state index contributed by atoms with van der Waals surface area (Å²) in [7, 11) is 0. The van der Waals surface area contributed by atoms with Crippen molar-refractivity contribution < 1.29 is 36.3 Å². The Kier molecular flexibility index (Phi) is 5.52. The maximum atomic E-state index is 13.7. The monoisotopic (exact) mass is 360 g/mol. The van der Waals surface area contributed by atoms with E-state index in [9.17, 15) is 22.8 Å². The van der Waals surface area contributed by atoms with Gasteiger partial charge in [0.15, 0.2) is 5.76 Å². The third-order valence-electron chi connectivity index (χ3n) is 3.16. The second-order valence-corrected chi connectivity index (χ2v) is 4.83. The molecule has 7 nitrogen and oxygen atoms in total. The van der Waals surface area contributed by atoms with Gasteiger partial charge in [0.05, 0.1) is 25.7 Å². The third kappa shape index (κ3) is 4.02. The number of carbonyl (C=O) groups is 2. The Hall–Kier alpha value is -2.75. The van der Waals surface area contributed by atoms with Crippen LogP contribution in [0, 0.1) is 0 Å². The zero-order chi connectivity index (χ0) is 18.5. The largest absolute Gasteiger partial charge is 0.468 e. The number of esters is 1. The Labute approximate surface area is 140 Å². The van der Waals surface area contributed by atoms with Crippen molar-refractivity contribution in [2.24, 2.45) is 0 Å². The number of hydrogen-bond donors (Lipinski definition) is 2. The summed E-state index contributed by atoms with van der Waals surface area (Å²) in [5.74, 6) is -3.20. The van der Waals surface area contributed by atoms with Crippen LogP contribution < -0.4 is 10.6 Å². The molecule has 0 aliphatic rings. The van der Waals surface area contributed by atoms with Crippen LogP contribution in [0.3, 0.4) is 0 Å². The second kappa shape index (κ2) is 7.43. The molecule has 2 heterocycles. The third-order valence-corrected chi connectivity index (χ3v) is 3.16. The Balaban J connectivity index is 2.35. The molecule has 0 unspecified atom stereocenters. The van der Waals surface area contributed by atoms with Gasteiger partial charge in [-0.25, -0.2) is 4.79 Å². The van der Waals surface area contributed by atoms with Gasteiger partial charge in [0.25, 0.3) is 11.6 Å². The molecular formula is C15H15F3N2O5. The van der Waals surface area contributed by atoms with Crippen molar-refractivity contribution in [3.63, 3.8) is 0 Å². The van der Waals surface area contributed by atoms with Crippen LogP contribution in [0.15, 0.2) is 45.6 Å². The van der Waals surface area contributed by atoms with Gasteiger partial charge in [0, 0.05) is 0 Å². The van der Waals surface area contributed by atoms with E-state index in [-0.39, 0.29) is 12.4 Å². The Morgan fingerprint density at radius 3 is 2.36 bits per heavy atom. The van der Waals surface area contributed by atoms with E-state index in [0.717, 1.165) is 12.3 Å². The number of carbonyl (C=O) groups excluding carboxylic acids is 2. The maximum Gasteiger partial charge on any atom is 0.436 e. The molecule has 136 valence electrons. The normalized spacial score (nSPS) is 13.9. The molecule has 2 aromatic heterocycles. The topological polar surface area (TPSA) is 93.7 Å². The fourth-order valence-corrected chi connectivity index (χ4v) is 1.97. The molecule has 25 heavy (non-hydrogen) atoms. The van der Waals surface area contributed by atoms with E-state index in [4.69, 9.17) is 8.83 Å². The molecule has 2 aromatic rings. The first kappa shape index (κ1) is 18.6. The van der Waals surface area contributed by atoms with Crippen LogP contribution in [0.5, 0.6) is 0 Å². The fourth-order valence-electron chi connectivity index (χ4n) is 1.97. The summed E-state index contributed by atoms with van der Waals surface area (Å²) in [5.41, 5.74) is -3.47. The molecule has 0 aliphatic carbocycles. The number of halogens is 3. The van der Waals surface area contributed by atoms with Crippen LogP contribution >= 0.6 is 0 Å². The van der Waals surface area contributed by atoms with Gasteiger partial charge in [-0.1, -0.05) is 0 Å². The first-order valence-electron chi connectivity index (χ1n) is 7.17. The van der Waals surface area contributed by atoms with Crippen LogP contribution in [0.25, 0.3) is 0 Å². The standard InChI is InChI=1S/C15H15F3N2O5/c1-2-23-13(22)14(15(16,17)18,19-9-10-5-3-7-24-10)20-12(21)11-6-4-8-25-11/h3-8,19H,2,9H2,1H3,(H,20,21)/t14-/m0/s1. The molecular weight excluding hydrogens is 345 g/mol. The van der Waals surface area contributed by atoms with Crippen molar-refractivity contribution in [2.45, 2.75) is 25.3 Å². The highest BCUT2D eigenvalue weighted by Gasteiger charge is 2.63. The Bertz CT molecular complexity index is 697. The lowest BCUT2D eigenvalue weighted by Gasteiger charge is -2.34. The highest BCUT2D eigenvalue weighted by Crippen LogP contribution is 2.30.